The van der Waals surface area contributed by atoms with E-state index in [0.717, 1.165) is 6.54 Å². The molecule has 2 aliphatic heterocycles. The summed E-state index contributed by atoms with van der Waals surface area (Å²) in [6, 6.07) is 10.6. The first-order chi connectivity index (χ1) is 9.36. The van der Waals surface area contributed by atoms with Crippen molar-refractivity contribution in [2.45, 2.75) is 19.3 Å². The Morgan fingerprint density at radius 1 is 1.05 bits per heavy atom. The van der Waals surface area contributed by atoms with Gasteiger partial charge in [0.25, 0.3) is 0 Å². The van der Waals surface area contributed by atoms with Gasteiger partial charge < -0.3 is 5.32 Å². The van der Waals surface area contributed by atoms with Gasteiger partial charge in [-0.25, -0.2) is 0 Å². The quantitative estimate of drug-likeness (QED) is 0.911. The first-order valence-electron chi connectivity index (χ1n) is 7.51. The van der Waals surface area contributed by atoms with Crippen LogP contribution in [0.4, 0.5) is 0 Å². The standard InChI is InChI=1S/C17H24N2.2ClH/c1-2-5-16(6-3-1)7-4-13-19-14-10-17(15-19)8-11-18-12-9-17;;/h1-7,18H,8-15H2;2*1H. The van der Waals surface area contributed by atoms with E-state index in [1.165, 1.54) is 51.0 Å². The van der Waals surface area contributed by atoms with Gasteiger partial charge in [0.15, 0.2) is 0 Å². The average molecular weight is 329 g/mol. The van der Waals surface area contributed by atoms with Crippen LogP contribution in [0.5, 0.6) is 0 Å². The van der Waals surface area contributed by atoms with E-state index in [1.54, 1.807) is 0 Å². The fraction of sp³-hybridized carbons (Fsp3) is 0.529. The number of rotatable bonds is 3. The molecule has 1 aromatic carbocycles. The summed E-state index contributed by atoms with van der Waals surface area (Å²) in [5.74, 6) is 0. The summed E-state index contributed by atoms with van der Waals surface area (Å²) in [5.41, 5.74) is 1.93. The van der Waals surface area contributed by atoms with Gasteiger partial charge in [0.2, 0.25) is 0 Å². The Kier molecular flexibility index (Phi) is 7.75. The molecule has 2 nitrogen and oxygen atoms in total. The average Bonchev–Trinajstić information content (AvgIpc) is 2.84. The fourth-order valence-electron chi connectivity index (χ4n) is 3.45. The lowest BCUT2D eigenvalue weighted by molar-refractivity contribution is 0.202. The van der Waals surface area contributed by atoms with Crippen LogP contribution in [0.3, 0.4) is 0 Å². The van der Waals surface area contributed by atoms with E-state index in [-0.39, 0.29) is 24.8 Å². The van der Waals surface area contributed by atoms with Crippen LogP contribution in [0.1, 0.15) is 24.8 Å². The minimum Gasteiger partial charge on any atom is -0.317 e. The molecular weight excluding hydrogens is 303 g/mol. The van der Waals surface area contributed by atoms with Crippen molar-refractivity contribution in [2.24, 2.45) is 5.41 Å². The maximum Gasteiger partial charge on any atom is 0.0166 e. The molecule has 0 unspecified atom stereocenters. The Morgan fingerprint density at radius 3 is 2.48 bits per heavy atom. The highest BCUT2D eigenvalue weighted by Crippen LogP contribution is 2.38. The molecule has 1 spiro atoms. The zero-order valence-electron chi connectivity index (χ0n) is 12.5. The van der Waals surface area contributed by atoms with Crippen molar-refractivity contribution in [3.05, 3.63) is 42.0 Å². The summed E-state index contributed by atoms with van der Waals surface area (Å²) < 4.78 is 0. The molecule has 118 valence electrons. The van der Waals surface area contributed by atoms with E-state index >= 15 is 0 Å². The molecule has 1 N–H and O–H groups in total. The topological polar surface area (TPSA) is 15.3 Å². The lowest BCUT2D eigenvalue weighted by atomic mass is 9.78. The molecule has 0 aromatic heterocycles. The van der Waals surface area contributed by atoms with Crippen LogP contribution in [0, 0.1) is 5.41 Å². The third-order valence-corrected chi connectivity index (χ3v) is 4.66. The number of piperidine rings is 1. The van der Waals surface area contributed by atoms with Gasteiger partial charge in [0.05, 0.1) is 0 Å². The highest BCUT2D eigenvalue weighted by atomic mass is 35.5. The second-order valence-corrected chi connectivity index (χ2v) is 6.05. The predicted molar refractivity (Wildman–Crippen MR) is 95.6 cm³/mol. The van der Waals surface area contributed by atoms with Gasteiger partial charge >= 0.3 is 0 Å². The monoisotopic (exact) mass is 328 g/mol. The molecule has 3 rings (SSSR count). The van der Waals surface area contributed by atoms with E-state index in [0.29, 0.717) is 5.41 Å². The summed E-state index contributed by atoms with van der Waals surface area (Å²) in [7, 11) is 0. The van der Waals surface area contributed by atoms with Gasteiger partial charge in [-0.05, 0) is 49.9 Å². The summed E-state index contributed by atoms with van der Waals surface area (Å²) >= 11 is 0. The fourth-order valence-corrected chi connectivity index (χ4v) is 3.45. The Morgan fingerprint density at radius 2 is 1.76 bits per heavy atom. The summed E-state index contributed by atoms with van der Waals surface area (Å²) in [6.45, 7) is 6.11. The maximum absolute atomic E-state index is 3.48. The second-order valence-electron chi connectivity index (χ2n) is 6.05. The van der Waals surface area contributed by atoms with Crippen molar-refractivity contribution >= 4 is 30.9 Å². The van der Waals surface area contributed by atoms with E-state index in [9.17, 15) is 0 Å². The highest BCUT2D eigenvalue weighted by molar-refractivity contribution is 5.85. The van der Waals surface area contributed by atoms with Gasteiger partial charge in [-0.2, -0.15) is 0 Å². The van der Waals surface area contributed by atoms with Crippen LogP contribution < -0.4 is 5.32 Å². The van der Waals surface area contributed by atoms with Crippen LogP contribution in [-0.2, 0) is 0 Å². The number of nitrogens with one attached hydrogen (secondary N) is 1. The van der Waals surface area contributed by atoms with E-state index in [4.69, 9.17) is 0 Å². The van der Waals surface area contributed by atoms with Gasteiger partial charge in [-0.3, -0.25) is 4.90 Å². The third-order valence-electron chi connectivity index (χ3n) is 4.66. The highest BCUT2D eigenvalue weighted by Gasteiger charge is 2.38. The van der Waals surface area contributed by atoms with Gasteiger partial charge in [-0.15, -0.1) is 24.8 Å². The van der Waals surface area contributed by atoms with E-state index < -0.39 is 0 Å². The normalized spacial score (nSPS) is 21.1. The molecule has 21 heavy (non-hydrogen) atoms. The maximum atomic E-state index is 3.48. The van der Waals surface area contributed by atoms with Crippen LogP contribution >= 0.6 is 24.8 Å². The summed E-state index contributed by atoms with van der Waals surface area (Å²) in [5, 5.41) is 3.48. The third kappa shape index (κ3) is 5.00. The van der Waals surface area contributed by atoms with Crippen molar-refractivity contribution in [3.8, 4) is 0 Å². The molecule has 0 radical (unpaired) electrons. The van der Waals surface area contributed by atoms with E-state index in [2.05, 4.69) is 52.7 Å². The van der Waals surface area contributed by atoms with E-state index in [1.807, 2.05) is 0 Å². The summed E-state index contributed by atoms with van der Waals surface area (Å²) in [6.07, 6.45) is 8.69. The molecule has 4 heteroatoms. The van der Waals surface area contributed by atoms with Crippen molar-refractivity contribution < 1.29 is 0 Å². The number of likely N-dealkylation sites (tertiary alicyclic amines) is 1. The Bertz CT molecular complexity index is 428. The number of hydrogen-bond donors (Lipinski definition) is 1. The van der Waals surface area contributed by atoms with Crippen LogP contribution in [0.15, 0.2) is 36.4 Å². The van der Waals surface area contributed by atoms with Gasteiger partial charge in [0.1, 0.15) is 0 Å². The number of nitrogens with zero attached hydrogens (tertiary/aromatic N) is 1. The molecule has 2 fully saturated rings. The van der Waals surface area contributed by atoms with Crippen molar-refractivity contribution in [1.82, 2.24) is 10.2 Å². The zero-order valence-corrected chi connectivity index (χ0v) is 14.1. The number of benzene rings is 1. The second kappa shape index (κ2) is 8.79. The smallest absolute Gasteiger partial charge is 0.0166 e. The van der Waals surface area contributed by atoms with Crippen molar-refractivity contribution in [1.29, 1.82) is 0 Å². The Hall–Kier alpha value is -0.540. The first kappa shape index (κ1) is 18.5. The first-order valence-corrected chi connectivity index (χ1v) is 7.51. The minimum atomic E-state index is 0. The number of hydrogen-bond acceptors (Lipinski definition) is 2. The lowest BCUT2D eigenvalue weighted by Crippen LogP contribution is -2.38. The summed E-state index contributed by atoms with van der Waals surface area (Å²) in [4.78, 5) is 2.62. The largest absolute Gasteiger partial charge is 0.317 e. The molecule has 0 bridgehead atoms. The Labute approximate surface area is 140 Å². The molecule has 0 atom stereocenters. The lowest BCUT2D eigenvalue weighted by Gasteiger charge is -2.33. The molecule has 0 amide bonds. The van der Waals surface area contributed by atoms with Crippen molar-refractivity contribution in [2.75, 3.05) is 32.7 Å². The van der Waals surface area contributed by atoms with Crippen LogP contribution in [-0.4, -0.2) is 37.6 Å². The zero-order chi connectivity index (χ0) is 13.0. The molecule has 0 aliphatic carbocycles. The van der Waals surface area contributed by atoms with Crippen LogP contribution in [0.25, 0.3) is 6.08 Å². The molecule has 2 aliphatic rings. The molecule has 2 saturated heterocycles. The molecule has 2 heterocycles. The molecule has 1 aromatic rings. The van der Waals surface area contributed by atoms with Crippen LogP contribution in [0.2, 0.25) is 0 Å². The predicted octanol–water partition coefficient (Wildman–Crippen LogP) is 3.62. The number of halogens is 2. The Balaban J connectivity index is 0.00000110. The van der Waals surface area contributed by atoms with Crippen molar-refractivity contribution in [3.63, 3.8) is 0 Å². The van der Waals surface area contributed by atoms with Gasteiger partial charge in [0, 0.05) is 13.1 Å². The SMILES string of the molecule is C(=Cc1ccccc1)CN1CCC2(CCNCC2)C1.Cl.Cl. The minimum absolute atomic E-state index is 0. The van der Waals surface area contributed by atoms with Gasteiger partial charge in [-0.1, -0.05) is 42.5 Å². The molecule has 0 saturated carbocycles. The molecular formula is C17H26Cl2N2.